The van der Waals surface area contributed by atoms with Gasteiger partial charge in [-0.3, -0.25) is 9.59 Å². The molecule has 1 fully saturated rings. The minimum absolute atomic E-state index is 0.0599. The highest BCUT2D eigenvalue weighted by atomic mass is 16.5. The lowest BCUT2D eigenvalue weighted by molar-refractivity contribution is -0.129. The van der Waals surface area contributed by atoms with Crippen molar-refractivity contribution in [3.05, 3.63) is 0 Å². The fraction of sp³-hybridized carbons (Fsp3) is 0.867. The van der Waals surface area contributed by atoms with Crippen LogP contribution in [-0.2, 0) is 19.1 Å². The van der Waals surface area contributed by atoms with Crippen LogP contribution in [0.4, 0.5) is 0 Å². The number of rotatable bonds is 9. The molecule has 2 amide bonds. The van der Waals surface area contributed by atoms with Gasteiger partial charge in [-0.15, -0.1) is 0 Å². The molecule has 21 heavy (non-hydrogen) atoms. The van der Waals surface area contributed by atoms with E-state index in [1.807, 2.05) is 13.8 Å². The summed E-state index contributed by atoms with van der Waals surface area (Å²) in [7, 11) is 0. The minimum atomic E-state index is -0.477. The van der Waals surface area contributed by atoms with Gasteiger partial charge in [-0.05, 0) is 25.2 Å². The van der Waals surface area contributed by atoms with Gasteiger partial charge in [-0.2, -0.15) is 0 Å². The number of hydrogen-bond acceptors (Lipinski definition) is 4. The van der Waals surface area contributed by atoms with E-state index in [4.69, 9.17) is 9.47 Å². The molecule has 2 atom stereocenters. The van der Waals surface area contributed by atoms with Crippen LogP contribution in [0.15, 0.2) is 0 Å². The van der Waals surface area contributed by atoms with E-state index < -0.39 is 6.04 Å². The van der Waals surface area contributed by atoms with Crippen molar-refractivity contribution in [3.8, 4) is 0 Å². The molecule has 1 saturated heterocycles. The van der Waals surface area contributed by atoms with E-state index in [9.17, 15) is 9.59 Å². The Balaban J connectivity index is 2.09. The van der Waals surface area contributed by atoms with E-state index in [1.165, 1.54) is 6.92 Å². The number of hydrogen-bond donors (Lipinski definition) is 2. The molecule has 6 heteroatoms. The smallest absolute Gasteiger partial charge is 0.242 e. The van der Waals surface area contributed by atoms with Crippen LogP contribution >= 0.6 is 0 Å². The molecule has 0 spiro atoms. The third-order valence-electron chi connectivity index (χ3n) is 3.40. The highest BCUT2D eigenvalue weighted by Gasteiger charge is 2.22. The first-order valence-corrected chi connectivity index (χ1v) is 7.75. The van der Waals surface area contributed by atoms with Gasteiger partial charge in [0.2, 0.25) is 11.8 Å². The Morgan fingerprint density at radius 2 is 2.14 bits per heavy atom. The quantitative estimate of drug-likeness (QED) is 0.619. The molecule has 2 N–H and O–H groups in total. The normalized spacial score (nSPS) is 19.5. The lowest BCUT2D eigenvalue weighted by atomic mass is 10.0. The summed E-state index contributed by atoms with van der Waals surface area (Å²) in [6, 6.07) is -0.477. The first-order chi connectivity index (χ1) is 10.0. The monoisotopic (exact) mass is 300 g/mol. The Hall–Kier alpha value is -1.14. The molecule has 1 aliphatic rings. The second-order valence-corrected chi connectivity index (χ2v) is 5.78. The number of carbonyl (C=O) groups excluding carboxylic acids is 2. The maximum Gasteiger partial charge on any atom is 0.242 e. The molecule has 0 aromatic carbocycles. The largest absolute Gasteiger partial charge is 0.379 e. The SMILES string of the molecule is CC(=O)NC(C(=O)NCCCOCC1CCCO1)C(C)C. The van der Waals surface area contributed by atoms with Crippen LogP contribution in [0.2, 0.25) is 0 Å². The average molecular weight is 300 g/mol. The van der Waals surface area contributed by atoms with Crippen LogP contribution in [0.1, 0.15) is 40.0 Å². The summed E-state index contributed by atoms with van der Waals surface area (Å²) in [5, 5.41) is 5.50. The van der Waals surface area contributed by atoms with Gasteiger partial charge in [0.1, 0.15) is 6.04 Å². The Bertz CT molecular complexity index is 328. The Kier molecular flexibility index (Phi) is 8.30. The molecule has 0 aliphatic carbocycles. The number of carbonyl (C=O) groups is 2. The Labute approximate surface area is 126 Å². The summed E-state index contributed by atoms with van der Waals surface area (Å²) in [6.45, 7) is 7.86. The lowest BCUT2D eigenvalue weighted by Gasteiger charge is -2.20. The van der Waals surface area contributed by atoms with Gasteiger partial charge in [0.15, 0.2) is 0 Å². The number of nitrogens with one attached hydrogen (secondary N) is 2. The molecule has 122 valence electrons. The summed E-state index contributed by atoms with van der Waals surface area (Å²) >= 11 is 0. The number of amides is 2. The van der Waals surface area contributed by atoms with Crippen LogP contribution in [0.5, 0.6) is 0 Å². The maximum atomic E-state index is 12.0. The second-order valence-electron chi connectivity index (χ2n) is 5.78. The van der Waals surface area contributed by atoms with Gasteiger partial charge in [0.05, 0.1) is 12.7 Å². The zero-order valence-electron chi connectivity index (χ0n) is 13.3. The van der Waals surface area contributed by atoms with Gasteiger partial charge < -0.3 is 20.1 Å². The summed E-state index contributed by atoms with van der Waals surface area (Å²) in [4.78, 5) is 23.1. The van der Waals surface area contributed by atoms with E-state index in [2.05, 4.69) is 10.6 Å². The standard InChI is InChI=1S/C15H28N2O4/c1-11(2)14(17-12(3)18)15(19)16-7-5-8-20-10-13-6-4-9-21-13/h11,13-14H,4-10H2,1-3H3,(H,16,19)(H,17,18). The fourth-order valence-corrected chi connectivity index (χ4v) is 2.24. The zero-order chi connectivity index (χ0) is 15.7. The van der Waals surface area contributed by atoms with Crippen molar-refractivity contribution in [1.29, 1.82) is 0 Å². The summed E-state index contributed by atoms with van der Waals surface area (Å²) in [5.74, 6) is -0.271. The zero-order valence-corrected chi connectivity index (χ0v) is 13.3. The molecule has 1 aliphatic heterocycles. The van der Waals surface area contributed by atoms with Gasteiger partial charge in [0.25, 0.3) is 0 Å². The first kappa shape index (κ1) is 17.9. The predicted octanol–water partition coefficient (Wildman–Crippen LogP) is 0.849. The molecule has 6 nitrogen and oxygen atoms in total. The van der Waals surface area contributed by atoms with Gasteiger partial charge in [-0.25, -0.2) is 0 Å². The highest BCUT2D eigenvalue weighted by molar-refractivity contribution is 5.86. The molecule has 0 radical (unpaired) electrons. The molecular formula is C15H28N2O4. The molecule has 0 bridgehead atoms. The van der Waals surface area contributed by atoms with Crippen LogP contribution in [0.25, 0.3) is 0 Å². The molecule has 2 unspecified atom stereocenters. The maximum absolute atomic E-state index is 12.0. The summed E-state index contributed by atoms with van der Waals surface area (Å²) in [5.41, 5.74) is 0. The minimum Gasteiger partial charge on any atom is -0.379 e. The van der Waals surface area contributed by atoms with E-state index in [0.717, 1.165) is 25.9 Å². The van der Waals surface area contributed by atoms with Crippen molar-refractivity contribution in [2.75, 3.05) is 26.4 Å². The molecule has 1 heterocycles. The molecule has 0 aromatic heterocycles. The van der Waals surface area contributed by atoms with E-state index >= 15 is 0 Å². The van der Waals surface area contributed by atoms with Crippen LogP contribution in [-0.4, -0.2) is 50.3 Å². The lowest BCUT2D eigenvalue weighted by Crippen LogP contribution is -2.49. The van der Waals surface area contributed by atoms with Gasteiger partial charge in [0, 0.05) is 26.7 Å². The van der Waals surface area contributed by atoms with Crippen molar-refractivity contribution >= 4 is 11.8 Å². The van der Waals surface area contributed by atoms with E-state index in [1.54, 1.807) is 0 Å². The summed E-state index contributed by atoms with van der Waals surface area (Å²) in [6.07, 6.45) is 3.18. The third kappa shape index (κ3) is 7.43. The topological polar surface area (TPSA) is 76.7 Å². The van der Waals surface area contributed by atoms with Crippen molar-refractivity contribution in [3.63, 3.8) is 0 Å². The first-order valence-electron chi connectivity index (χ1n) is 7.75. The number of ether oxygens (including phenoxy) is 2. The average Bonchev–Trinajstić information content (AvgIpc) is 2.92. The van der Waals surface area contributed by atoms with Crippen molar-refractivity contribution < 1.29 is 19.1 Å². The van der Waals surface area contributed by atoms with Crippen molar-refractivity contribution in [2.45, 2.75) is 52.2 Å². The Morgan fingerprint density at radius 1 is 1.38 bits per heavy atom. The predicted molar refractivity (Wildman–Crippen MR) is 79.9 cm³/mol. The molecule has 0 aromatic rings. The molecule has 0 saturated carbocycles. The molecular weight excluding hydrogens is 272 g/mol. The van der Waals surface area contributed by atoms with Gasteiger partial charge >= 0.3 is 0 Å². The van der Waals surface area contributed by atoms with Crippen molar-refractivity contribution in [1.82, 2.24) is 10.6 Å². The highest BCUT2D eigenvalue weighted by Crippen LogP contribution is 2.11. The van der Waals surface area contributed by atoms with E-state index in [-0.39, 0.29) is 23.8 Å². The second kappa shape index (κ2) is 9.73. The van der Waals surface area contributed by atoms with E-state index in [0.29, 0.717) is 19.8 Å². The van der Waals surface area contributed by atoms with Crippen LogP contribution < -0.4 is 10.6 Å². The van der Waals surface area contributed by atoms with Crippen LogP contribution in [0, 0.1) is 5.92 Å². The van der Waals surface area contributed by atoms with Gasteiger partial charge in [-0.1, -0.05) is 13.8 Å². The van der Waals surface area contributed by atoms with Crippen LogP contribution in [0.3, 0.4) is 0 Å². The molecule has 1 rings (SSSR count). The third-order valence-corrected chi connectivity index (χ3v) is 3.40. The fourth-order valence-electron chi connectivity index (χ4n) is 2.24. The summed E-state index contributed by atoms with van der Waals surface area (Å²) < 4.78 is 11.0. The van der Waals surface area contributed by atoms with Crippen molar-refractivity contribution in [2.24, 2.45) is 5.92 Å². The Morgan fingerprint density at radius 3 is 2.71 bits per heavy atom.